The van der Waals surface area contributed by atoms with E-state index in [1.807, 2.05) is 0 Å². The van der Waals surface area contributed by atoms with Gasteiger partial charge in [-0.2, -0.15) is 0 Å². The molecule has 2 saturated heterocycles. The minimum absolute atomic E-state index is 0.130. The number of hydrogen-bond acceptors (Lipinski definition) is 5. The molecular formula is C16H24N4O2. The van der Waals surface area contributed by atoms with Gasteiger partial charge in [-0.25, -0.2) is 9.97 Å². The summed E-state index contributed by atoms with van der Waals surface area (Å²) in [4.78, 5) is 23.0. The Hall–Kier alpha value is -1.69. The van der Waals surface area contributed by atoms with Crippen molar-refractivity contribution in [2.24, 2.45) is 5.92 Å². The van der Waals surface area contributed by atoms with Crippen molar-refractivity contribution in [1.82, 2.24) is 15.3 Å². The number of carbonyl (C=O) groups is 1. The van der Waals surface area contributed by atoms with Crippen molar-refractivity contribution in [3.05, 3.63) is 18.0 Å². The van der Waals surface area contributed by atoms with Gasteiger partial charge in [0.05, 0.1) is 11.7 Å². The Kier molecular flexibility index (Phi) is 4.87. The highest BCUT2D eigenvalue weighted by atomic mass is 16.5. The zero-order valence-electron chi connectivity index (χ0n) is 13.1. The van der Waals surface area contributed by atoms with E-state index in [1.165, 1.54) is 12.8 Å². The fourth-order valence-corrected chi connectivity index (χ4v) is 2.92. The van der Waals surface area contributed by atoms with Crippen molar-refractivity contribution < 1.29 is 9.53 Å². The first-order valence-corrected chi connectivity index (χ1v) is 8.19. The topological polar surface area (TPSA) is 67.4 Å². The molecule has 0 spiro atoms. The maximum absolute atomic E-state index is 12.1. The highest BCUT2D eigenvalue weighted by Crippen LogP contribution is 2.19. The molecule has 2 fully saturated rings. The van der Waals surface area contributed by atoms with Crippen molar-refractivity contribution in [1.29, 1.82) is 0 Å². The molecule has 0 aliphatic carbocycles. The number of amides is 1. The van der Waals surface area contributed by atoms with Gasteiger partial charge in [-0.3, -0.25) is 4.79 Å². The third-order valence-electron chi connectivity index (χ3n) is 4.48. The molecular weight excluding hydrogens is 280 g/mol. The molecule has 6 nitrogen and oxygen atoms in total. The Balaban J connectivity index is 1.53. The molecule has 3 heterocycles. The maximum atomic E-state index is 12.1. The highest BCUT2D eigenvalue weighted by Gasteiger charge is 2.19. The van der Waals surface area contributed by atoms with Gasteiger partial charge < -0.3 is 15.0 Å². The van der Waals surface area contributed by atoms with Crippen LogP contribution >= 0.6 is 0 Å². The van der Waals surface area contributed by atoms with Gasteiger partial charge in [0.1, 0.15) is 0 Å². The number of carbonyl (C=O) groups excluding carboxylic acids is 1. The molecule has 1 N–H and O–H groups in total. The Bertz CT molecular complexity index is 491. The van der Waals surface area contributed by atoms with Crippen LogP contribution in [0.4, 0.5) is 5.95 Å². The monoisotopic (exact) mass is 304 g/mol. The lowest BCUT2D eigenvalue weighted by Crippen LogP contribution is -2.34. The number of hydrogen-bond donors (Lipinski definition) is 1. The van der Waals surface area contributed by atoms with Gasteiger partial charge in [0, 0.05) is 38.6 Å². The molecule has 22 heavy (non-hydrogen) atoms. The molecule has 1 unspecified atom stereocenters. The minimum atomic E-state index is -0.130. The lowest BCUT2D eigenvalue weighted by Gasteiger charge is -2.30. The van der Waals surface area contributed by atoms with Gasteiger partial charge in [-0.1, -0.05) is 6.92 Å². The van der Waals surface area contributed by atoms with Gasteiger partial charge in [-0.05, 0) is 31.6 Å². The van der Waals surface area contributed by atoms with Crippen LogP contribution in [0, 0.1) is 5.92 Å². The Morgan fingerprint density at radius 2 is 2.05 bits per heavy atom. The molecule has 2 aliphatic heterocycles. The lowest BCUT2D eigenvalue weighted by molar-refractivity contribution is 0.0857. The molecule has 3 rings (SSSR count). The second-order valence-electron chi connectivity index (χ2n) is 6.29. The summed E-state index contributed by atoms with van der Waals surface area (Å²) in [6.45, 7) is 5.62. The van der Waals surface area contributed by atoms with E-state index in [4.69, 9.17) is 4.74 Å². The van der Waals surface area contributed by atoms with Gasteiger partial charge in [0.2, 0.25) is 5.95 Å². The summed E-state index contributed by atoms with van der Waals surface area (Å²) in [5.74, 6) is 1.37. The van der Waals surface area contributed by atoms with Crippen LogP contribution < -0.4 is 10.2 Å². The molecule has 0 saturated carbocycles. The van der Waals surface area contributed by atoms with Crippen LogP contribution in [0.15, 0.2) is 12.4 Å². The van der Waals surface area contributed by atoms with Crippen molar-refractivity contribution >= 4 is 11.9 Å². The number of piperidine rings is 1. The third-order valence-corrected chi connectivity index (χ3v) is 4.48. The van der Waals surface area contributed by atoms with Crippen molar-refractivity contribution in [3.63, 3.8) is 0 Å². The van der Waals surface area contributed by atoms with Gasteiger partial charge in [0.25, 0.3) is 5.91 Å². The molecule has 0 radical (unpaired) electrons. The molecule has 2 aliphatic rings. The van der Waals surface area contributed by atoms with E-state index in [-0.39, 0.29) is 12.0 Å². The van der Waals surface area contributed by atoms with Crippen LogP contribution in [-0.2, 0) is 4.74 Å². The summed E-state index contributed by atoms with van der Waals surface area (Å²) in [6, 6.07) is 0. The minimum Gasteiger partial charge on any atom is -0.376 e. The second-order valence-corrected chi connectivity index (χ2v) is 6.29. The second kappa shape index (κ2) is 7.05. The maximum Gasteiger partial charge on any atom is 0.254 e. The van der Waals surface area contributed by atoms with Crippen LogP contribution in [0.1, 0.15) is 43.0 Å². The molecule has 0 aromatic carbocycles. The summed E-state index contributed by atoms with van der Waals surface area (Å²) in [7, 11) is 0. The molecule has 0 bridgehead atoms. The molecule has 1 amide bonds. The third kappa shape index (κ3) is 3.74. The van der Waals surface area contributed by atoms with E-state index in [1.54, 1.807) is 12.4 Å². The highest BCUT2D eigenvalue weighted by molar-refractivity contribution is 5.93. The van der Waals surface area contributed by atoms with E-state index in [0.717, 1.165) is 44.4 Å². The quantitative estimate of drug-likeness (QED) is 0.915. The SMILES string of the molecule is CC1CCN(c2ncc(C(=O)NCC3CCCO3)cn2)CC1. The van der Waals surface area contributed by atoms with E-state index in [0.29, 0.717) is 12.1 Å². The standard InChI is InChI=1S/C16H24N4O2/c1-12-4-6-20(7-5-12)16-18-9-13(10-19-16)15(21)17-11-14-3-2-8-22-14/h9-10,12,14H,2-8,11H2,1H3,(H,17,21). The smallest absolute Gasteiger partial charge is 0.254 e. The van der Waals surface area contributed by atoms with Gasteiger partial charge in [0.15, 0.2) is 0 Å². The molecule has 120 valence electrons. The zero-order valence-corrected chi connectivity index (χ0v) is 13.1. The Morgan fingerprint density at radius 3 is 2.68 bits per heavy atom. The lowest BCUT2D eigenvalue weighted by atomic mass is 10.00. The van der Waals surface area contributed by atoms with E-state index >= 15 is 0 Å². The summed E-state index contributed by atoms with van der Waals surface area (Å²) in [5, 5.41) is 2.89. The number of aromatic nitrogens is 2. The predicted molar refractivity (Wildman–Crippen MR) is 84.0 cm³/mol. The van der Waals surface area contributed by atoms with Crippen LogP contribution in [0.3, 0.4) is 0 Å². The number of nitrogens with one attached hydrogen (secondary N) is 1. The van der Waals surface area contributed by atoms with Crippen LogP contribution in [0.2, 0.25) is 0 Å². The largest absolute Gasteiger partial charge is 0.376 e. The van der Waals surface area contributed by atoms with Crippen LogP contribution in [0.5, 0.6) is 0 Å². The summed E-state index contributed by atoms with van der Waals surface area (Å²) >= 11 is 0. The summed E-state index contributed by atoms with van der Waals surface area (Å²) < 4.78 is 5.49. The van der Waals surface area contributed by atoms with Crippen LogP contribution in [-0.4, -0.2) is 48.2 Å². The van der Waals surface area contributed by atoms with Crippen molar-refractivity contribution in [2.75, 3.05) is 31.1 Å². The van der Waals surface area contributed by atoms with E-state index < -0.39 is 0 Å². The average Bonchev–Trinajstić information content (AvgIpc) is 3.07. The van der Waals surface area contributed by atoms with Crippen molar-refractivity contribution in [2.45, 2.75) is 38.7 Å². The summed E-state index contributed by atoms with van der Waals surface area (Å²) in [6.07, 6.45) is 7.83. The molecule has 1 aromatic heterocycles. The fourth-order valence-electron chi connectivity index (χ4n) is 2.92. The predicted octanol–water partition coefficient (Wildman–Crippen LogP) is 1.62. The normalized spacial score (nSPS) is 22.8. The number of rotatable bonds is 4. The number of ether oxygens (including phenoxy) is 1. The van der Waals surface area contributed by atoms with E-state index in [2.05, 4.69) is 27.1 Å². The molecule has 1 atom stereocenters. The fraction of sp³-hybridized carbons (Fsp3) is 0.688. The first-order valence-electron chi connectivity index (χ1n) is 8.19. The number of anilines is 1. The van der Waals surface area contributed by atoms with Crippen LogP contribution in [0.25, 0.3) is 0 Å². The average molecular weight is 304 g/mol. The van der Waals surface area contributed by atoms with Gasteiger partial charge in [-0.15, -0.1) is 0 Å². The molecule has 1 aromatic rings. The Labute approximate surface area is 131 Å². The zero-order chi connectivity index (χ0) is 15.4. The number of nitrogens with zero attached hydrogens (tertiary/aromatic N) is 3. The molecule has 6 heteroatoms. The first kappa shape index (κ1) is 15.2. The van der Waals surface area contributed by atoms with Gasteiger partial charge >= 0.3 is 0 Å². The summed E-state index contributed by atoms with van der Waals surface area (Å²) in [5.41, 5.74) is 0.507. The van der Waals surface area contributed by atoms with Crippen molar-refractivity contribution in [3.8, 4) is 0 Å². The first-order chi connectivity index (χ1) is 10.7. The van der Waals surface area contributed by atoms with E-state index in [9.17, 15) is 4.79 Å². The Morgan fingerprint density at radius 1 is 1.32 bits per heavy atom.